The van der Waals surface area contributed by atoms with Gasteiger partial charge in [-0.1, -0.05) is 12.1 Å². The summed E-state index contributed by atoms with van der Waals surface area (Å²) >= 11 is 0. The number of pyridine rings is 1. The Hall–Kier alpha value is -5.42. The number of piperidine rings is 1. The predicted octanol–water partition coefficient (Wildman–Crippen LogP) is 0.273. The molecule has 0 saturated carbocycles. The molecular formula is C34H40N6O11. The summed E-state index contributed by atoms with van der Waals surface area (Å²) in [6.07, 6.45) is 1.15. The topological polar surface area (TPSA) is 212 Å². The van der Waals surface area contributed by atoms with Crippen LogP contribution in [-0.2, 0) is 38.9 Å². The Kier molecular flexibility index (Phi) is 11.3. The van der Waals surface area contributed by atoms with Gasteiger partial charge in [0.1, 0.15) is 29.5 Å². The maximum atomic E-state index is 13.2. The predicted molar refractivity (Wildman–Crippen MR) is 175 cm³/mol. The van der Waals surface area contributed by atoms with E-state index in [9.17, 15) is 33.6 Å². The van der Waals surface area contributed by atoms with Crippen molar-refractivity contribution in [3.05, 3.63) is 59.4 Å². The lowest BCUT2D eigenvalue weighted by Crippen LogP contribution is -2.69. The summed E-state index contributed by atoms with van der Waals surface area (Å²) in [6, 6.07) is 8.59. The zero-order chi connectivity index (χ0) is 36.8. The molecule has 1 aromatic heterocycles. The second kappa shape index (κ2) is 15.6. The fourth-order valence-electron chi connectivity index (χ4n) is 5.76. The molecule has 0 radical (unpaired) electrons. The fraction of sp³-hybridized carbons (Fsp3) is 0.471. The minimum absolute atomic E-state index is 0.00590. The lowest BCUT2D eigenvalue weighted by atomic mass is 9.86. The monoisotopic (exact) mass is 708 g/mol. The van der Waals surface area contributed by atoms with Crippen molar-refractivity contribution in [2.45, 2.75) is 50.8 Å². The number of likely N-dealkylation sites (tertiary alicyclic amines) is 1. The molecule has 2 saturated heterocycles. The molecule has 17 heteroatoms. The van der Waals surface area contributed by atoms with E-state index in [1.807, 2.05) is 0 Å². The largest absolute Gasteiger partial charge is 0.483 e. The number of nitrogens with one attached hydrogen (secondary N) is 3. The Labute approximate surface area is 293 Å². The third-order valence-electron chi connectivity index (χ3n) is 8.07. The van der Waals surface area contributed by atoms with Crippen molar-refractivity contribution in [3.8, 4) is 5.75 Å². The van der Waals surface area contributed by atoms with Gasteiger partial charge in [0.2, 0.25) is 17.7 Å². The average molecular weight is 709 g/mol. The number of amides is 7. The molecule has 3 aliphatic heterocycles. The average Bonchev–Trinajstić information content (AvgIpc) is 3.31. The fourth-order valence-corrected chi connectivity index (χ4v) is 5.76. The molecule has 51 heavy (non-hydrogen) atoms. The smallest absolute Gasteiger partial charge is 0.410 e. The normalized spacial score (nSPS) is 18.1. The molecule has 2 aromatic rings. The quantitative estimate of drug-likeness (QED) is 0.178. The van der Waals surface area contributed by atoms with Gasteiger partial charge in [0, 0.05) is 19.2 Å². The molecule has 5 rings (SSSR count). The van der Waals surface area contributed by atoms with Gasteiger partial charge < -0.3 is 34.5 Å². The van der Waals surface area contributed by atoms with Gasteiger partial charge in [-0.2, -0.15) is 0 Å². The highest BCUT2D eigenvalue weighted by Gasteiger charge is 2.50. The van der Waals surface area contributed by atoms with Crippen molar-refractivity contribution in [2.75, 3.05) is 52.7 Å². The molecule has 3 aliphatic rings. The summed E-state index contributed by atoms with van der Waals surface area (Å²) in [5.41, 5.74) is -0.931. The second-order valence-electron chi connectivity index (χ2n) is 13.1. The van der Waals surface area contributed by atoms with Crippen molar-refractivity contribution >= 4 is 41.5 Å². The number of ether oxygens (including phenoxy) is 4. The number of benzene rings is 1. The molecular weight excluding hydrogens is 668 g/mol. The van der Waals surface area contributed by atoms with Crippen LogP contribution in [0.5, 0.6) is 5.75 Å². The Bertz CT molecular complexity index is 1690. The van der Waals surface area contributed by atoms with Crippen LogP contribution in [0.3, 0.4) is 0 Å². The number of carbonyl (C=O) groups is 7. The summed E-state index contributed by atoms with van der Waals surface area (Å²) in [5, 5.41) is 7.69. The van der Waals surface area contributed by atoms with Gasteiger partial charge in [0.25, 0.3) is 17.7 Å². The van der Waals surface area contributed by atoms with Gasteiger partial charge in [-0.05, 0) is 51.5 Å². The van der Waals surface area contributed by atoms with E-state index in [2.05, 4.69) is 20.9 Å². The van der Waals surface area contributed by atoms with Crippen LogP contribution in [-0.4, -0.2) is 121 Å². The Morgan fingerprint density at radius 1 is 0.941 bits per heavy atom. The number of hydrogen-bond donors (Lipinski definition) is 3. The van der Waals surface area contributed by atoms with Crippen LogP contribution in [0.15, 0.2) is 42.6 Å². The third-order valence-corrected chi connectivity index (χ3v) is 8.07. The number of nitrogens with zero attached hydrogens (tertiary/aromatic N) is 3. The van der Waals surface area contributed by atoms with Crippen LogP contribution in [0.4, 0.5) is 4.79 Å². The van der Waals surface area contributed by atoms with E-state index >= 15 is 0 Å². The van der Waals surface area contributed by atoms with Crippen molar-refractivity contribution in [3.63, 3.8) is 0 Å². The van der Waals surface area contributed by atoms with E-state index < -0.39 is 65.3 Å². The molecule has 7 amide bonds. The molecule has 3 N–H and O–H groups in total. The van der Waals surface area contributed by atoms with E-state index in [4.69, 9.17) is 18.9 Å². The van der Waals surface area contributed by atoms with Crippen molar-refractivity contribution in [1.29, 1.82) is 0 Å². The van der Waals surface area contributed by atoms with E-state index in [1.165, 1.54) is 23.1 Å². The molecule has 272 valence electrons. The lowest BCUT2D eigenvalue weighted by Gasteiger charge is -2.49. The van der Waals surface area contributed by atoms with Gasteiger partial charge >= 0.3 is 6.09 Å². The van der Waals surface area contributed by atoms with E-state index in [0.717, 1.165) is 4.90 Å². The van der Waals surface area contributed by atoms with Gasteiger partial charge in [0.15, 0.2) is 6.61 Å². The summed E-state index contributed by atoms with van der Waals surface area (Å²) < 4.78 is 21.9. The van der Waals surface area contributed by atoms with Crippen molar-refractivity contribution in [2.24, 2.45) is 0 Å². The zero-order valence-electron chi connectivity index (χ0n) is 28.5. The molecule has 1 atom stereocenters. The third kappa shape index (κ3) is 8.85. The highest BCUT2D eigenvalue weighted by Crippen LogP contribution is 2.34. The van der Waals surface area contributed by atoms with Crippen molar-refractivity contribution in [1.82, 2.24) is 30.7 Å². The van der Waals surface area contributed by atoms with Crippen LogP contribution >= 0.6 is 0 Å². The first-order valence-electron chi connectivity index (χ1n) is 16.4. The van der Waals surface area contributed by atoms with Gasteiger partial charge in [-0.25, -0.2) is 4.79 Å². The molecule has 1 unspecified atom stereocenters. The van der Waals surface area contributed by atoms with Crippen LogP contribution in [0, 0.1) is 0 Å². The minimum atomic E-state index is -1.12. The first kappa shape index (κ1) is 36.9. The number of fused-ring (bicyclic) bond motifs is 1. The number of carbonyl (C=O) groups excluding carboxylic acids is 7. The molecule has 17 nitrogen and oxygen atoms in total. The SMILES string of the molecule is CC(C)(C)OC(=O)N1CC(NC(=O)COCCOCCNC(=O)COc2cccc3c2C(=O)N(C2CCC(=O)NC2=O)C3=O)(c2ccccn2)C1. The Morgan fingerprint density at radius 3 is 2.41 bits per heavy atom. The summed E-state index contributed by atoms with van der Waals surface area (Å²) in [5.74, 6) is -3.51. The summed E-state index contributed by atoms with van der Waals surface area (Å²) in [7, 11) is 0. The first-order valence-corrected chi connectivity index (χ1v) is 16.4. The molecule has 0 spiro atoms. The molecule has 2 fully saturated rings. The highest BCUT2D eigenvalue weighted by atomic mass is 16.6. The van der Waals surface area contributed by atoms with Gasteiger partial charge in [-0.3, -0.25) is 44.0 Å². The number of imide groups is 2. The van der Waals surface area contributed by atoms with E-state index in [0.29, 0.717) is 5.69 Å². The maximum Gasteiger partial charge on any atom is 0.410 e. The molecule has 0 bridgehead atoms. The molecule has 0 aliphatic carbocycles. The molecule has 4 heterocycles. The highest BCUT2D eigenvalue weighted by molar-refractivity contribution is 6.24. The lowest BCUT2D eigenvalue weighted by molar-refractivity contribution is -0.136. The first-order chi connectivity index (χ1) is 24.3. The minimum Gasteiger partial charge on any atom is -0.483 e. The van der Waals surface area contributed by atoms with Crippen LogP contribution in [0.1, 0.15) is 60.0 Å². The Balaban J connectivity index is 0.982. The van der Waals surface area contributed by atoms with Crippen LogP contribution in [0.25, 0.3) is 0 Å². The van der Waals surface area contributed by atoms with Gasteiger partial charge in [0.05, 0.1) is 49.7 Å². The van der Waals surface area contributed by atoms with Crippen LogP contribution < -0.4 is 20.7 Å². The summed E-state index contributed by atoms with van der Waals surface area (Å²) in [4.78, 5) is 94.2. The number of rotatable bonds is 14. The summed E-state index contributed by atoms with van der Waals surface area (Å²) in [6.45, 7) is 5.55. The zero-order valence-corrected chi connectivity index (χ0v) is 28.5. The Morgan fingerprint density at radius 2 is 1.71 bits per heavy atom. The van der Waals surface area contributed by atoms with Gasteiger partial charge in [-0.15, -0.1) is 0 Å². The standard InChI is InChI=1S/C34H40N6O11/c1-33(2,3)51-32(47)39-19-34(20-39,24-9-4-5-12-35-24)38-27(43)17-49-16-15-48-14-13-36-26(42)18-50-23-8-6-7-21-28(23)31(46)40(30(21)45)22-10-11-25(41)37-29(22)44/h4-9,12,22H,10-11,13-20H2,1-3H3,(H,36,42)(H,38,43)(H,37,41,44). The maximum absolute atomic E-state index is 13.2. The number of hydrogen-bond acceptors (Lipinski definition) is 12. The van der Waals surface area contributed by atoms with E-state index in [-0.39, 0.29) is 75.8 Å². The second-order valence-corrected chi connectivity index (χ2v) is 13.1. The van der Waals surface area contributed by atoms with E-state index in [1.54, 1.807) is 45.2 Å². The van der Waals surface area contributed by atoms with Crippen molar-refractivity contribution < 1.29 is 52.5 Å². The van der Waals surface area contributed by atoms with Crippen LogP contribution in [0.2, 0.25) is 0 Å². The number of aromatic nitrogens is 1. The molecule has 1 aromatic carbocycles.